The lowest BCUT2D eigenvalue weighted by Gasteiger charge is -2.18. The minimum absolute atomic E-state index is 0.110. The van der Waals surface area contributed by atoms with Gasteiger partial charge in [0.2, 0.25) is 0 Å². The number of carbonyl (C=O) groups is 1. The molecule has 0 unspecified atom stereocenters. The Kier molecular flexibility index (Phi) is 6.33. The molecule has 132 valence electrons. The van der Waals surface area contributed by atoms with Crippen LogP contribution in [0.25, 0.3) is 0 Å². The van der Waals surface area contributed by atoms with Gasteiger partial charge in [-0.1, -0.05) is 18.2 Å². The Morgan fingerprint density at radius 2 is 1.96 bits per heavy atom. The van der Waals surface area contributed by atoms with Crippen LogP contribution in [0.2, 0.25) is 0 Å². The van der Waals surface area contributed by atoms with Gasteiger partial charge in [-0.2, -0.15) is 0 Å². The van der Waals surface area contributed by atoms with E-state index in [4.69, 9.17) is 4.74 Å². The van der Waals surface area contributed by atoms with Gasteiger partial charge in [0.05, 0.1) is 11.5 Å². The van der Waals surface area contributed by atoms with E-state index in [1.54, 1.807) is 19.2 Å². The first kappa shape index (κ1) is 18.3. The Balaban J connectivity index is 2.01. The van der Waals surface area contributed by atoms with Crippen LogP contribution in [-0.4, -0.2) is 42.5 Å². The molecule has 2 aromatic rings. The Morgan fingerprint density at radius 3 is 2.60 bits per heavy atom. The van der Waals surface area contributed by atoms with E-state index in [2.05, 4.69) is 5.32 Å². The van der Waals surface area contributed by atoms with Crippen molar-refractivity contribution in [2.24, 2.45) is 0 Å². The van der Waals surface area contributed by atoms with E-state index < -0.39 is 4.92 Å². The number of benzene rings is 2. The van der Waals surface area contributed by atoms with Crippen molar-refractivity contribution in [2.75, 3.05) is 32.1 Å². The fourth-order valence-corrected chi connectivity index (χ4v) is 2.29. The molecule has 25 heavy (non-hydrogen) atoms. The number of hydrogen-bond acceptors (Lipinski definition) is 5. The molecule has 0 aliphatic rings. The number of nitrogens with one attached hydrogen (secondary N) is 1. The van der Waals surface area contributed by atoms with Crippen molar-refractivity contribution < 1.29 is 14.5 Å². The zero-order valence-corrected chi connectivity index (χ0v) is 14.3. The summed E-state index contributed by atoms with van der Waals surface area (Å²) in [7, 11) is 1.64. The van der Waals surface area contributed by atoms with Crippen LogP contribution in [0.15, 0.2) is 48.5 Å². The summed E-state index contributed by atoms with van der Waals surface area (Å²) >= 11 is 0. The molecule has 0 bridgehead atoms. The fourth-order valence-electron chi connectivity index (χ4n) is 2.29. The molecular weight excluding hydrogens is 322 g/mol. The predicted molar refractivity (Wildman–Crippen MR) is 96.2 cm³/mol. The lowest BCUT2D eigenvalue weighted by Crippen LogP contribution is -2.30. The molecule has 1 amide bonds. The molecule has 0 saturated heterocycles. The quantitative estimate of drug-likeness (QED) is 0.588. The summed E-state index contributed by atoms with van der Waals surface area (Å²) < 4.78 is 5.56. The maximum absolute atomic E-state index is 12.5. The zero-order valence-electron chi connectivity index (χ0n) is 14.3. The Bertz CT molecular complexity index is 734. The van der Waals surface area contributed by atoms with Crippen molar-refractivity contribution in [3.05, 3.63) is 64.2 Å². The van der Waals surface area contributed by atoms with Crippen LogP contribution in [0.3, 0.4) is 0 Å². The molecule has 1 N–H and O–H groups in total. The highest BCUT2D eigenvalue weighted by Crippen LogP contribution is 2.26. The minimum atomic E-state index is -0.493. The number of anilines is 1. The standard InChI is InChI=1S/C18H21N3O4/c1-3-19-16-10-9-14(13-17(16)21(23)24)18(22)20(2)11-12-25-15-7-5-4-6-8-15/h4-10,13,19H,3,11-12H2,1-2H3. The molecule has 0 aliphatic carbocycles. The first-order chi connectivity index (χ1) is 12.0. The average Bonchev–Trinajstić information content (AvgIpc) is 2.62. The molecule has 0 fully saturated rings. The Hall–Kier alpha value is -3.09. The number of hydrogen-bond donors (Lipinski definition) is 1. The highest BCUT2D eigenvalue weighted by molar-refractivity contribution is 5.95. The molecule has 2 aromatic carbocycles. The smallest absolute Gasteiger partial charge is 0.293 e. The van der Waals surface area contributed by atoms with Crippen molar-refractivity contribution in [2.45, 2.75) is 6.92 Å². The number of para-hydroxylation sites is 1. The van der Waals surface area contributed by atoms with Crippen molar-refractivity contribution in [1.82, 2.24) is 4.90 Å². The molecule has 7 nitrogen and oxygen atoms in total. The van der Waals surface area contributed by atoms with Gasteiger partial charge in [0.25, 0.3) is 11.6 Å². The van der Waals surface area contributed by atoms with Crippen molar-refractivity contribution in [3.63, 3.8) is 0 Å². The molecule has 0 aliphatic heterocycles. The van der Waals surface area contributed by atoms with Crippen LogP contribution >= 0.6 is 0 Å². The number of nitro groups is 1. The lowest BCUT2D eigenvalue weighted by molar-refractivity contribution is -0.384. The number of ether oxygens (including phenoxy) is 1. The third kappa shape index (κ3) is 4.94. The number of nitro benzene ring substituents is 1. The normalized spacial score (nSPS) is 10.2. The molecular formula is C18H21N3O4. The van der Waals surface area contributed by atoms with Gasteiger partial charge in [0.1, 0.15) is 18.0 Å². The highest BCUT2D eigenvalue weighted by atomic mass is 16.6. The summed E-state index contributed by atoms with van der Waals surface area (Å²) in [4.78, 5) is 24.6. The van der Waals surface area contributed by atoms with Gasteiger partial charge >= 0.3 is 0 Å². The van der Waals surface area contributed by atoms with E-state index in [9.17, 15) is 14.9 Å². The van der Waals surface area contributed by atoms with Gasteiger partial charge in [-0.25, -0.2) is 0 Å². The molecule has 0 atom stereocenters. The second-order valence-corrected chi connectivity index (χ2v) is 5.41. The van der Waals surface area contributed by atoms with Crippen molar-refractivity contribution in [1.29, 1.82) is 0 Å². The zero-order chi connectivity index (χ0) is 18.2. The van der Waals surface area contributed by atoms with Gasteiger partial charge in [0, 0.05) is 25.2 Å². The first-order valence-electron chi connectivity index (χ1n) is 7.98. The molecule has 0 heterocycles. The van der Waals surface area contributed by atoms with Crippen LogP contribution in [0.4, 0.5) is 11.4 Å². The molecule has 0 spiro atoms. The summed E-state index contributed by atoms with van der Waals surface area (Å²) in [6.45, 7) is 3.12. The maximum Gasteiger partial charge on any atom is 0.293 e. The second kappa shape index (κ2) is 8.68. The number of nitrogens with zero attached hydrogens (tertiary/aromatic N) is 2. The third-order valence-corrected chi connectivity index (χ3v) is 3.59. The lowest BCUT2D eigenvalue weighted by atomic mass is 10.1. The highest BCUT2D eigenvalue weighted by Gasteiger charge is 2.19. The molecule has 2 rings (SSSR count). The summed E-state index contributed by atoms with van der Waals surface area (Å²) in [5, 5.41) is 14.1. The van der Waals surface area contributed by atoms with E-state index in [0.29, 0.717) is 25.4 Å². The van der Waals surface area contributed by atoms with Crippen molar-refractivity contribution >= 4 is 17.3 Å². The molecule has 0 radical (unpaired) electrons. The van der Waals surface area contributed by atoms with Crippen LogP contribution in [-0.2, 0) is 0 Å². The number of carbonyl (C=O) groups excluding carboxylic acids is 1. The summed E-state index contributed by atoms with van der Waals surface area (Å²) in [5.41, 5.74) is 0.566. The topological polar surface area (TPSA) is 84.7 Å². The van der Waals surface area contributed by atoms with E-state index in [-0.39, 0.29) is 17.2 Å². The third-order valence-electron chi connectivity index (χ3n) is 3.59. The van der Waals surface area contributed by atoms with Crippen molar-refractivity contribution in [3.8, 4) is 5.75 Å². The monoisotopic (exact) mass is 343 g/mol. The minimum Gasteiger partial charge on any atom is -0.492 e. The van der Waals surface area contributed by atoms with E-state index >= 15 is 0 Å². The van der Waals surface area contributed by atoms with Gasteiger partial charge in [-0.05, 0) is 31.2 Å². The number of rotatable bonds is 8. The Labute approximate surface area is 146 Å². The van der Waals surface area contributed by atoms with Crippen LogP contribution < -0.4 is 10.1 Å². The molecule has 0 saturated carbocycles. The summed E-state index contributed by atoms with van der Waals surface area (Å²) in [5.74, 6) is 0.441. The molecule has 0 aromatic heterocycles. The number of amides is 1. The average molecular weight is 343 g/mol. The van der Waals surface area contributed by atoms with Gasteiger partial charge in [-0.15, -0.1) is 0 Å². The van der Waals surface area contributed by atoms with Crippen LogP contribution in [0.5, 0.6) is 5.75 Å². The summed E-state index contributed by atoms with van der Waals surface area (Å²) in [6, 6.07) is 13.8. The molecule has 7 heteroatoms. The summed E-state index contributed by atoms with van der Waals surface area (Å²) in [6.07, 6.45) is 0. The predicted octanol–water partition coefficient (Wildman–Crippen LogP) is 3.18. The van der Waals surface area contributed by atoms with Crippen LogP contribution in [0.1, 0.15) is 17.3 Å². The van der Waals surface area contributed by atoms with E-state index in [1.165, 1.54) is 11.0 Å². The van der Waals surface area contributed by atoms with E-state index in [0.717, 1.165) is 5.75 Å². The van der Waals surface area contributed by atoms with Gasteiger partial charge in [-0.3, -0.25) is 14.9 Å². The SMILES string of the molecule is CCNc1ccc(C(=O)N(C)CCOc2ccccc2)cc1[N+](=O)[O-]. The van der Waals surface area contributed by atoms with Crippen LogP contribution in [0, 0.1) is 10.1 Å². The van der Waals surface area contributed by atoms with Gasteiger partial charge in [0.15, 0.2) is 0 Å². The number of likely N-dealkylation sites (N-methyl/N-ethyl adjacent to an activating group) is 1. The van der Waals surface area contributed by atoms with Gasteiger partial charge < -0.3 is 15.0 Å². The van der Waals surface area contributed by atoms with E-state index in [1.807, 2.05) is 37.3 Å². The Morgan fingerprint density at radius 1 is 1.24 bits per heavy atom. The second-order valence-electron chi connectivity index (χ2n) is 5.41. The fraction of sp³-hybridized carbons (Fsp3) is 0.278. The largest absolute Gasteiger partial charge is 0.492 e. The first-order valence-corrected chi connectivity index (χ1v) is 7.98. The maximum atomic E-state index is 12.5.